The number of morpholine rings is 1. The van der Waals surface area contributed by atoms with Crippen LogP contribution in [-0.2, 0) is 9.47 Å². The van der Waals surface area contributed by atoms with Crippen molar-refractivity contribution in [2.45, 2.75) is 19.1 Å². The summed E-state index contributed by atoms with van der Waals surface area (Å²) in [4.78, 5) is 0. The van der Waals surface area contributed by atoms with Crippen molar-refractivity contribution in [3.8, 4) is 0 Å². The van der Waals surface area contributed by atoms with Crippen LogP contribution in [0.1, 0.15) is 6.92 Å². The normalized spacial score (nSPS) is 37.6. The van der Waals surface area contributed by atoms with E-state index < -0.39 is 0 Å². The molecule has 0 bridgehead atoms. The Labute approximate surface area is 63.2 Å². The van der Waals surface area contributed by atoms with Gasteiger partial charge in [0.2, 0.25) is 0 Å². The molecule has 10 heavy (non-hydrogen) atoms. The first-order chi connectivity index (χ1) is 5.22. The average molecular weight is 147 g/mol. The monoisotopic (exact) mass is 147 g/mol. The Hall–Kier alpha value is -0.120. The minimum absolute atomic E-state index is 0.0706. The van der Waals surface area contributed by atoms with Crippen LogP contribution in [0.4, 0.5) is 0 Å². The van der Waals surface area contributed by atoms with Gasteiger partial charge in [0, 0.05) is 20.2 Å². The molecule has 3 nitrogen and oxygen atoms in total. The molecule has 60 valence electrons. The molecule has 0 aliphatic carbocycles. The van der Waals surface area contributed by atoms with Crippen LogP contribution in [0.3, 0.4) is 0 Å². The number of hydrogen-bond donors (Lipinski definition) is 1. The van der Waals surface area contributed by atoms with Gasteiger partial charge in [-0.05, 0) is 6.92 Å². The summed E-state index contributed by atoms with van der Waals surface area (Å²) in [6, 6.07) is 0. The van der Waals surface area contributed by atoms with Gasteiger partial charge in [-0.2, -0.15) is 0 Å². The molecule has 1 rings (SSSR count). The molecule has 0 aromatic heterocycles. The van der Waals surface area contributed by atoms with E-state index in [2.05, 4.69) is 0 Å². The summed E-state index contributed by atoms with van der Waals surface area (Å²) in [7, 11) is 1.65. The molecular weight excluding hydrogens is 130 g/mol. The van der Waals surface area contributed by atoms with Gasteiger partial charge in [-0.25, -0.2) is 0 Å². The van der Waals surface area contributed by atoms with E-state index in [1.165, 1.54) is 5.31 Å². The van der Waals surface area contributed by atoms with Gasteiger partial charge in [-0.1, -0.05) is 0 Å². The third-order valence-corrected chi connectivity index (χ3v) is 1.50. The molecule has 1 aliphatic rings. The maximum absolute atomic E-state index is 7.41. The first kappa shape index (κ1) is 6.58. The summed E-state index contributed by atoms with van der Waals surface area (Å²) in [5, 5.41) is 1.53. The molecule has 0 aromatic carbocycles. The second-order valence-electron chi connectivity index (χ2n) is 2.61. The van der Waals surface area contributed by atoms with Crippen molar-refractivity contribution in [2.75, 3.05) is 26.8 Å². The average Bonchev–Trinajstić information content (AvgIpc) is 1.85. The molecule has 1 saturated heterocycles. The molecule has 0 saturated carbocycles. The Kier molecular flexibility index (Phi) is 2.57. The van der Waals surface area contributed by atoms with Crippen LogP contribution in [0.2, 0.25) is 1.41 Å². The number of ether oxygens (including phenoxy) is 2. The molecule has 1 aliphatic heterocycles. The van der Waals surface area contributed by atoms with Gasteiger partial charge >= 0.3 is 0 Å². The first-order valence-corrected chi connectivity index (χ1v) is 3.60. The van der Waals surface area contributed by atoms with Crippen molar-refractivity contribution in [3.63, 3.8) is 0 Å². The molecule has 0 amide bonds. The van der Waals surface area contributed by atoms with E-state index in [-0.39, 0.29) is 12.2 Å². The second kappa shape index (κ2) is 3.91. The molecule has 0 aromatic rings. The Bertz CT molecular complexity index is 113. The lowest BCUT2D eigenvalue weighted by molar-refractivity contribution is -0.0602. The fourth-order valence-corrected chi connectivity index (χ4v) is 1.09. The quantitative estimate of drug-likeness (QED) is 0.597. The molecule has 1 fully saturated rings. The van der Waals surface area contributed by atoms with E-state index in [1.54, 1.807) is 7.11 Å². The van der Waals surface area contributed by atoms with Crippen molar-refractivity contribution >= 4 is 0 Å². The molecule has 0 spiro atoms. The van der Waals surface area contributed by atoms with Crippen molar-refractivity contribution in [3.05, 3.63) is 0 Å². The Morgan fingerprint density at radius 1 is 1.80 bits per heavy atom. The SMILES string of the molecule is [3H]N1CC(C)OC(COC)C1. The van der Waals surface area contributed by atoms with Gasteiger partial charge < -0.3 is 14.8 Å². The molecule has 0 radical (unpaired) electrons. The lowest BCUT2D eigenvalue weighted by atomic mass is 10.2. The lowest BCUT2D eigenvalue weighted by Gasteiger charge is -2.27. The van der Waals surface area contributed by atoms with E-state index in [9.17, 15) is 0 Å². The molecule has 1 N–H and O–H groups in total. The third kappa shape index (κ3) is 2.25. The minimum atomic E-state index is 0.0706. The highest BCUT2D eigenvalue weighted by molar-refractivity contribution is 4.70. The zero-order valence-corrected chi connectivity index (χ0v) is 6.54. The van der Waals surface area contributed by atoms with Gasteiger partial charge in [-0.3, -0.25) is 0 Å². The van der Waals surface area contributed by atoms with Gasteiger partial charge in [-0.15, -0.1) is 0 Å². The summed E-state index contributed by atoms with van der Waals surface area (Å²) in [6.45, 7) is 3.90. The predicted octanol–water partition coefficient (Wildman–Crippen LogP) is 0.00970. The third-order valence-electron chi connectivity index (χ3n) is 1.50. The highest BCUT2D eigenvalue weighted by Gasteiger charge is 2.17. The Morgan fingerprint density at radius 2 is 2.60 bits per heavy atom. The van der Waals surface area contributed by atoms with Crippen LogP contribution in [0.15, 0.2) is 0 Å². The second-order valence-corrected chi connectivity index (χ2v) is 2.61. The highest BCUT2D eigenvalue weighted by atomic mass is 16.5. The first-order valence-electron chi connectivity index (χ1n) is 4.05. The van der Waals surface area contributed by atoms with Crippen molar-refractivity contribution in [1.82, 2.24) is 5.31 Å². The molecule has 2 unspecified atom stereocenters. The molecular formula is C7H15NO2. The zero-order valence-electron chi connectivity index (χ0n) is 7.54. The van der Waals surface area contributed by atoms with Crippen LogP contribution in [0, 0.1) is 0 Å². The summed E-state index contributed by atoms with van der Waals surface area (Å²) in [5.74, 6) is 0. The van der Waals surface area contributed by atoms with Crippen molar-refractivity contribution < 1.29 is 10.9 Å². The number of hydrogen-bond acceptors (Lipinski definition) is 3. The maximum atomic E-state index is 7.41. The number of nitrogens with one attached hydrogen (secondary N) is 1. The van der Waals surface area contributed by atoms with Crippen LogP contribution in [0.5, 0.6) is 0 Å². The number of methoxy groups -OCH3 is 1. The summed E-state index contributed by atoms with van der Waals surface area (Å²) < 4.78 is 17.9. The van der Waals surface area contributed by atoms with Gasteiger partial charge in [0.15, 0.2) is 0 Å². The topological polar surface area (TPSA) is 30.5 Å². The highest BCUT2D eigenvalue weighted by Crippen LogP contribution is 2.02. The van der Waals surface area contributed by atoms with Gasteiger partial charge in [0.25, 0.3) is 0 Å². The summed E-state index contributed by atoms with van der Waals surface area (Å²) in [5.41, 5.74) is 0. The lowest BCUT2D eigenvalue weighted by Crippen LogP contribution is -2.45. The van der Waals surface area contributed by atoms with Crippen LogP contribution in [-0.4, -0.2) is 39.0 Å². The fourth-order valence-electron chi connectivity index (χ4n) is 1.09. The van der Waals surface area contributed by atoms with Crippen LogP contribution >= 0.6 is 0 Å². The van der Waals surface area contributed by atoms with E-state index in [0.29, 0.717) is 19.7 Å². The summed E-state index contributed by atoms with van der Waals surface area (Å²) >= 11 is 0. The van der Waals surface area contributed by atoms with E-state index in [1.807, 2.05) is 6.92 Å². The summed E-state index contributed by atoms with van der Waals surface area (Å²) in [6.07, 6.45) is 0.225. The number of rotatable bonds is 2. The van der Waals surface area contributed by atoms with Gasteiger partial charge in [0.1, 0.15) is 1.41 Å². The largest absolute Gasteiger partial charge is 0.382 e. The fraction of sp³-hybridized carbons (Fsp3) is 1.00. The predicted molar refractivity (Wildman–Crippen MR) is 39.1 cm³/mol. The Morgan fingerprint density at radius 3 is 3.20 bits per heavy atom. The van der Waals surface area contributed by atoms with E-state index in [4.69, 9.17) is 10.9 Å². The van der Waals surface area contributed by atoms with Crippen LogP contribution < -0.4 is 5.31 Å². The van der Waals surface area contributed by atoms with Crippen LogP contribution in [0.25, 0.3) is 0 Å². The molecule has 1 heterocycles. The minimum Gasteiger partial charge on any atom is -0.382 e. The molecule has 3 heteroatoms. The van der Waals surface area contributed by atoms with E-state index >= 15 is 0 Å². The van der Waals surface area contributed by atoms with Crippen molar-refractivity contribution in [2.24, 2.45) is 0 Å². The standard InChI is InChI=1S/C7H15NO2/c1-6-3-8-4-7(10-6)5-9-2/h6-8H,3-5H2,1-2H3/i/hT. The molecule has 2 atom stereocenters. The Balaban J connectivity index is 2.30. The smallest absolute Gasteiger partial charge is 0.122 e. The van der Waals surface area contributed by atoms with E-state index in [0.717, 1.165) is 0 Å². The van der Waals surface area contributed by atoms with Crippen molar-refractivity contribution in [1.29, 1.82) is 0 Å². The maximum Gasteiger partial charge on any atom is 0.122 e. The van der Waals surface area contributed by atoms with Gasteiger partial charge in [0.05, 0.1) is 18.8 Å². The zero-order chi connectivity index (χ0) is 8.27.